The number of piperidine rings is 1. The van der Waals surface area contributed by atoms with Crippen molar-refractivity contribution in [3.8, 4) is 0 Å². The summed E-state index contributed by atoms with van der Waals surface area (Å²) in [7, 11) is 0. The van der Waals surface area contributed by atoms with Crippen LogP contribution < -0.4 is 16.4 Å². The number of anilines is 1. The summed E-state index contributed by atoms with van der Waals surface area (Å²) in [6.07, 6.45) is 2.02. The van der Waals surface area contributed by atoms with Crippen molar-refractivity contribution in [3.63, 3.8) is 0 Å². The molecule has 6 heteroatoms. The third kappa shape index (κ3) is 5.25. The fourth-order valence-corrected chi connectivity index (χ4v) is 2.83. The molecule has 0 radical (unpaired) electrons. The van der Waals surface area contributed by atoms with Crippen molar-refractivity contribution in [1.82, 2.24) is 10.2 Å². The molecule has 6 nitrogen and oxygen atoms in total. The molecule has 0 bridgehead atoms. The molecule has 0 spiro atoms. The molecule has 0 aromatic heterocycles. The average Bonchev–Trinajstić information content (AvgIpc) is 2.52. The summed E-state index contributed by atoms with van der Waals surface area (Å²) in [4.78, 5) is 25.9. The number of nitrogens with two attached hydrogens (primary N) is 1. The smallest absolute Gasteiger partial charge is 0.319 e. The van der Waals surface area contributed by atoms with Gasteiger partial charge in [0, 0.05) is 24.8 Å². The molecule has 3 amide bonds. The van der Waals surface area contributed by atoms with E-state index in [0.29, 0.717) is 18.2 Å². The van der Waals surface area contributed by atoms with Crippen LogP contribution in [0.15, 0.2) is 24.3 Å². The minimum Gasteiger partial charge on any atom is -0.341 e. The third-order valence-corrected chi connectivity index (χ3v) is 4.23. The molecule has 4 N–H and O–H groups in total. The van der Waals surface area contributed by atoms with Crippen molar-refractivity contribution in [1.29, 1.82) is 0 Å². The highest BCUT2D eigenvalue weighted by molar-refractivity contribution is 5.92. The molecule has 1 aliphatic rings. The van der Waals surface area contributed by atoms with Crippen molar-refractivity contribution in [2.45, 2.75) is 32.7 Å². The van der Waals surface area contributed by atoms with Crippen LogP contribution in [0.3, 0.4) is 0 Å². The fraction of sp³-hybridized carbons (Fsp3) is 0.529. The van der Waals surface area contributed by atoms with E-state index in [1.54, 1.807) is 4.90 Å². The van der Waals surface area contributed by atoms with Crippen molar-refractivity contribution in [3.05, 3.63) is 29.8 Å². The lowest BCUT2D eigenvalue weighted by Crippen LogP contribution is -2.48. The molecule has 2 atom stereocenters. The van der Waals surface area contributed by atoms with Gasteiger partial charge in [0.25, 0.3) is 0 Å². The van der Waals surface area contributed by atoms with E-state index in [1.807, 2.05) is 38.1 Å². The molecule has 23 heavy (non-hydrogen) atoms. The number of nitrogens with zero attached hydrogens (tertiary/aromatic N) is 1. The molecule has 1 aliphatic heterocycles. The van der Waals surface area contributed by atoms with Crippen LogP contribution in [-0.4, -0.2) is 42.5 Å². The van der Waals surface area contributed by atoms with Crippen LogP contribution in [-0.2, 0) is 4.79 Å². The molecule has 0 saturated carbocycles. The number of urea groups is 1. The summed E-state index contributed by atoms with van der Waals surface area (Å²) in [6.45, 7) is 5.36. The minimum atomic E-state index is -0.371. The maximum Gasteiger partial charge on any atom is 0.319 e. The number of benzene rings is 1. The lowest BCUT2D eigenvalue weighted by molar-refractivity contribution is -0.131. The largest absolute Gasteiger partial charge is 0.341 e. The molecule has 0 aliphatic carbocycles. The Kier molecular flexibility index (Phi) is 5.98. The van der Waals surface area contributed by atoms with Crippen molar-refractivity contribution in [2.24, 2.45) is 11.7 Å². The van der Waals surface area contributed by atoms with E-state index < -0.39 is 0 Å². The molecular formula is C17H26N4O2. The Bertz CT molecular complexity index is 559. The number of nitrogens with one attached hydrogen (secondary N) is 2. The van der Waals surface area contributed by atoms with Gasteiger partial charge in [0.15, 0.2) is 0 Å². The Hall–Kier alpha value is -2.08. The molecular weight excluding hydrogens is 292 g/mol. The lowest BCUT2D eigenvalue weighted by atomic mass is 9.92. The SMILES string of the molecule is Cc1cccc(NC(=O)NCC(=O)N2CCCC(C(C)N)C2)c1. The van der Waals surface area contributed by atoms with Crippen LogP contribution in [0.2, 0.25) is 0 Å². The van der Waals surface area contributed by atoms with Gasteiger partial charge in [-0.1, -0.05) is 12.1 Å². The molecule has 1 saturated heterocycles. The van der Waals surface area contributed by atoms with E-state index >= 15 is 0 Å². The maximum atomic E-state index is 12.2. The van der Waals surface area contributed by atoms with Crippen LogP contribution in [0.1, 0.15) is 25.3 Å². The Balaban J connectivity index is 1.78. The van der Waals surface area contributed by atoms with Gasteiger partial charge in [0.2, 0.25) is 5.91 Å². The Morgan fingerprint density at radius 2 is 2.22 bits per heavy atom. The number of hydrogen-bond donors (Lipinski definition) is 3. The van der Waals surface area contributed by atoms with E-state index in [-0.39, 0.29) is 24.5 Å². The second-order valence-corrected chi connectivity index (χ2v) is 6.28. The molecule has 1 aromatic rings. The minimum absolute atomic E-state index is 0.00330. The number of aryl methyl sites for hydroxylation is 1. The number of likely N-dealkylation sites (tertiary alicyclic amines) is 1. The molecule has 2 rings (SSSR count). The Morgan fingerprint density at radius 3 is 2.91 bits per heavy atom. The molecule has 126 valence electrons. The predicted octanol–water partition coefficient (Wildman–Crippen LogP) is 1.70. The molecule has 2 unspecified atom stereocenters. The molecule has 1 fully saturated rings. The summed E-state index contributed by atoms with van der Waals surface area (Å²) >= 11 is 0. The van der Waals surface area contributed by atoms with Gasteiger partial charge in [-0.05, 0) is 50.3 Å². The van der Waals surface area contributed by atoms with Gasteiger partial charge in [-0.3, -0.25) is 4.79 Å². The Morgan fingerprint density at radius 1 is 1.43 bits per heavy atom. The Labute approximate surface area is 137 Å². The zero-order valence-corrected chi connectivity index (χ0v) is 13.8. The standard InChI is InChI=1S/C17H26N4O2/c1-12-5-3-7-15(9-12)20-17(23)19-10-16(22)21-8-4-6-14(11-21)13(2)18/h3,5,7,9,13-14H,4,6,8,10-11,18H2,1-2H3,(H2,19,20,23). The van der Waals surface area contributed by atoms with Crippen molar-refractivity contribution < 1.29 is 9.59 Å². The van der Waals surface area contributed by atoms with Crippen LogP contribution in [0, 0.1) is 12.8 Å². The first-order valence-corrected chi connectivity index (χ1v) is 8.10. The monoisotopic (exact) mass is 318 g/mol. The normalized spacial score (nSPS) is 19.1. The predicted molar refractivity (Wildman–Crippen MR) is 91.2 cm³/mol. The van der Waals surface area contributed by atoms with Gasteiger partial charge in [-0.25, -0.2) is 4.79 Å². The topological polar surface area (TPSA) is 87.5 Å². The van der Waals surface area contributed by atoms with Gasteiger partial charge in [-0.2, -0.15) is 0 Å². The van der Waals surface area contributed by atoms with Gasteiger partial charge < -0.3 is 21.3 Å². The van der Waals surface area contributed by atoms with Crippen molar-refractivity contribution in [2.75, 3.05) is 25.0 Å². The summed E-state index contributed by atoms with van der Waals surface area (Å²) in [5, 5.41) is 5.35. The number of carbonyl (C=O) groups is 2. The molecule has 1 aromatic carbocycles. The zero-order valence-electron chi connectivity index (χ0n) is 13.8. The lowest BCUT2D eigenvalue weighted by Gasteiger charge is -2.34. The van der Waals surface area contributed by atoms with E-state index in [0.717, 1.165) is 24.9 Å². The zero-order chi connectivity index (χ0) is 16.8. The number of amides is 3. The summed E-state index contributed by atoms with van der Waals surface area (Å²) in [5.41, 5.74) is 7.71. The second kappa shape index (κ2) is 7.97. The number of carbonyl (C=O) groups excluding carboxylic acids is 2. The highest BCUT2D eigenvalue weighted by Gasteiger charge is 2.25. The van der Waals surface area contributed by atoms with Gasteiger partial charge in [-0.15, -0.1) is 0 Å². The van der Waals surface area contributed by atoms with E-state index in [2.05, 4.69) is 10.6 Å². The number of rotatable bonds is 4. The third-order valence-electron chi connectivity index (χ3n) is 4.23. The van der Waals surface area contributed by atoms with Crippen molar-refractivity contribution >= 4 is 17.6 Å². The first-order valence-electron chi connectivity index (χ1n) is 8.10. The fourth-order valence-electron chi connectivity index (χ4n) is 2.83. The van der Waals surface area contributed by atoms with E-state index in [1.165, 1.54) is 0 Å². The highest BCUT2D eigenvalue weighted by Crippen LogP contribution is 2.18. The maximum absolute atomic E-state index is 12.2. The van der Waals surface area contributed by atoms with Crippen LogP contribution in [0.5, 0.6) is 0 Å². The first kappa shape index (κ1) is 17.3. The average molecular weight is 318 g/mol. The second-order valence-electron chi connectivity index (χ2n) is 6.28. The summed E-state index contributed by atoms with van der Waals surface area (Å²) in [5.74, 6) is 0.281. The summed E-state index contributed by atoms with van der Waals surface area (Å²) in [6, 6.07) is 7.23. The number of hydrogen-bond acceptors (Lipinski definition) is 3. The highest BCUT2D eigenvalue weighted by atomic mass is 16.2. The molecule has 1 heterocycles. The van der Waals surface area contributed by atoms with Gasteiger partial charge >= 0.3 is 6.03 Å². The van der Waals surface area contributed by atoms with E-state index in [4.69, 9.17) is 5.73 Å². The first-order chi connectivity index (χ1) is 11.0. The van der Waals surface area contributed by atoms with Crippen LogP contribution >= 0.6 is 0 Å². The van der Waals surface area contributed by atoms with Gasteiger partial charge in [0.05, 0.1) is 6.54 Å². The van der Waals surface area contributed by atoms with E-state index in [9.17, 15) is 9.59 Å². The summed E-state index contributed by atoms with van der Waals surface area (Å²) < 4.78 is 0. The van der Waals surface area contributed by atoms with Gasteiger partial charge in [0.1, 0.15) is 0 Å². The quantitative estimate of drug-likeness (QED) is 0.789. The van der Waals surface area contributed by atoms with Crippen LogP contribution in [0.25, 0.3) is 0 Å². The van der Waals surface area contributed by atoms with Crippen LogP contribution in [0.4, 0.5) is 10.5 Å².